The van der Waals surface area contributed by atoms with Crippen LogP contribution in [0.5, 0.6) is 0 Å². The molecule has 2 heteroatoms. The number of hydrogen-bond donors (Lipinski definition) is 1. The minimum Gasteiger partial charge on any atom is -0.380 e. The fraction of sp³-hybridized carbons (Fsp3) is 1.00. The van der Waals surface area contributed by atoms with Gasteiger partial charge in [0.1, 0.15) is 0 Å². The van der Waals surface area contributed by atoms with Crippen molar-refractivity contribution in [2.75, 3.05) is 19.8 Å². The molecule has 0 aliphatic heterocycles. The van der Waals surface area contributed by atoms with Crippen molar-refractivity contribution < 1.29 is 4.74 Å². The molecule has 1 atom stereocenters. The Bertz CT molecular complexity index is 209. The zero-order chi connectivity index (χ0) is 13.4. The smallest absolute Gasteiger partial charge is 0.0625 e. The zero-order valence-electron chi connectivity index (χ0n) is 12.9. The van der Waals surface area contributed by atoms with Gasteiger partial charge in [0.2, 0.25) is 0 Å². The molecular formula is C16H33NO. The van der Waals surface area contributed by atoms with E-state index in [-0.39, 0.29) is 0 Å². The van der Waals surface area contributed by atoms with Crippen LogP contribution in [0, 0.1) is 11.3 Å². The molecule has 0 saturated heterocycles. The third-order valence-corrected chi connectivity index (χ3v) is 4.24. The van der Waals surface area contributed by atoms with E-state index in [1.165, 1.54) is 32.1 Å². The van der Waals surface area contributed by atoms with Crippen molar-refractivity contribution in [1.29, 1.82) is 0 Å². The predicted molar refractivity (Wildman–Crippen MR) is 78.9 cm³/mol. The molecule has 0 aromatic rings. The van der Waals surface area contributed by atoms with Crippen LogP contribution in [0.3, 0.4) is 0 Å². The van der Waals surface area contributed by atoms with E-state index < -0.39 is 0 Å². The van der Waals surface area contributed by atoms with Gasteiger partial charge in [-0.15, -0.1) is 0 Å². The summed E-state index contributed by atoms with van der Waals surface area (Å²) in [6.07, 6.45) is 8.05. The molecule has 1 aliphatic carbocycles. The van der Waals surface area contributed by atoms with Crippen LogP contribution in [0.25, 0.3) is 0 Å². The molecule has 0 aromatic heterocycles. The average molecular weight is 255 g/mol. The van der Waals surface area contributed by atoms with Crippen molar-refractivity contribution in [3.05, 3.63) is 0 Å². The minimum atomic E-state index is 0.498. The summed E-state index contributed by atoms with van der Waals surface area (Å²) in [5.41, 5.74) is 0.498. The van der Waals surface area contributed by atoms with E-state index in [9.17, 15) is 0 Å². The van der Waals surface area contributed by atoms with Gasteiger partial charge < -0.3 is 10.1 Å². The van der Waals surface area contributed by atoms with Gasteiger partial charge in [-0.3, -0.25) is 0 Å². The molecule has 0 radical (unpaired) electrons. The second-order valence-electron chi connectivity index (χ2n) is 6.35. The van der Waals surface area contributed by atoms with E-state index in [1.54, 1.807) is 0 Å². The number of hydrogen-bond acceptors (Lipinski definition) is 2. The monoisotopic (exact) mass is 255 g/mol. The van der Waals surface area contributed by atoms with Gasteiger partial charge >= 0.3 is 0 Å². The molecule has 1 rings (SSSR count). The van der Waals surface area contributed by atoms with Gasteiger partial charge in [0.25, 0.3) is 0 Å². The summed E-state index contributed by atoms with van der Waals surface area (Å²) in [7, 11) is 0. The van der Waals surface area contributed by atoms with Crippen LogP contribution in [0.2, 0.25) is 0 Å². The van der Waals surface area contributed by atoms with Crippen LogP contribution in [-0.2, 0) is 4.74 Å². The summed E-state index contributed by atoms with van der Waals surface area (Å²) in [6.45, 7) is 12.0. The Morgan fingerprint density at radius 1 is 1.17 bits per heavy atom. The van der Waals surface area contributed by atoms with E-state index >= 15 is 0 Å². The van der Waals surface area contributed by atoms with E-state index in [4.69, 9.17) is 4.74 Å². The molecule has 0 bridgehead atoms. The Labute approximate surface area is 114 Å². The lowest BCUT2D eigenvalue weighted by atomic mass is 9.72. The van der Waals surface area contributed by atoms with Gasteiger partial charge in [0, 0.05) is 12.6 Å². The van der Waals surface area contributed by atoms with E-state index in [0.29, 0.717) is 11.5 Å². The number of ether oxygens (including phenoxy) is 1. The van der Waals surface area contributed by atoms with Crippen LogP contribution < -0.4 is 5.32 Å². The maximum atomic E-state index is 5.85. The first-order valence-electron chi connectivity index (χ1n) is 7.95. The summed E-state index contributed by atoms with van der Waals surface area (Å²) in [5.74, 6) is 0.787. The van der Waals surface area contributed by atoms with Crippen molar-refractivity contribution >= 4 is 0 Å². The van der Waals surface area contributed by atoms with Crippen LogP contribution in [0.1, 0.15) is 66.2 Å². The molecule has 1 aliphatic rings. The molecule has 108 valence electrons. The highest BCUT2D eigenvalue weighted by Gasteiger charge is 2.41. The largest absolute Gasteiger partial charge is 0.380 e. The molecule has 0 aromatic carbocycles. The maximum Gasteiger partial charge on any atom is 0.0625 e. The standard InChI is InChI=1S/C16H33NO/c1-5-11-18-13-15(17-6-2)16(12-14(3)4)9-7-8-10-16/h14-15,17H,5-13H2,1-4H3. The average Bonchev–Trinajstić information content (AvgIpc) is 2.77. The minimum absolute atomic E-state index is 0.498. The van der Waals surface area contributed by atoms with Gasteiger partial charge in [0.15, 0.2) is 0 Å². The topological polar surface area (TPSA) is 21.3 Å². The first-order valence-corrected chi connectivity index (χ1v) is 7.95. The molecule has 18 heavy (non-hydrogen) atoms. The van der Waals surface area contributed by atoms with Crippen LogP contribution >= 0.6 is 0 Å². The van der Waals surface area contributed by atoms with Crippen molar-refractivity contribution in [3.8, 4) is 0 Å². The second kappa shape index (κ2) is 8.16. The Kier molecular flexibility index (Phi) is 7.25. The van der Waals surface area contributed by atoms with Crippen molar-refractivity contribution in [2.45, 2.75) is 72.3 Å². The molecule has 1 N–H and O–H groups in total. The number of nitrogens with one attached hydrogen (secondary N) is 1. The molecule has 1 unspecified atom stereocenters. The lowest BCUT2D eigenvalue weighted by molar-refractivity contribution is 0.0482. The fourth-order valence-corrected chi connectivity index (χ4v) is 3.63. The first kappa shape index (κ1) is 16.0. The second-order valence-corrected chi connectivity index (χ2v) is 6.35. The Morgan fingerprint density at radius 3 is 2.33 bits per heavy atom. The third kappa shape index (κ3) is 4.55. The van der Waals surface area contributed by atoms with E-state index in [2.05, 4.69) is 33.0 Å². The Morgan fingerprint density at radius 2 is 1.83 bits per heavy atom. The van der Waals surface area contributed by atoms with Gasteiger partial charge in [-0.1, -0.05) is 40.5 Å². The molecule has 1 fully saturated rings. The first-order chi connectivity index (χ1) is 8.64. The highest BCUT2D eigenvalue weighted by atomic mass is 16.5. The predicted octanol–water partition coefficient (Wildman–Crippen LogP) is 4.00. The van der Waals surface area contributed by atoms with Crippen LogP contribution in [-0.4, -0.2) is 25.8 Å². The summed E-state index contributed by atoms with van der Waals surface area (Å²) in [5, 5.41) is 3.70. The molecule has 1 saturated carbocycles. The lowest BCUT2D eigenvalue weighted by Gasteiger charge is -2.39. The van der Waals surface area contributed by atoms with Crippen LogP contribution in [0.15, 0.2) is 0 Å². The third-order valence-electron chi connectivity index (χ3n) is 4.24. The van der Waals surface area contributed by atoms with Gasteiger partial charge in [-0.2, -0.15) is 0 Å². The SMILES string of the molecule is CCCOCC(NCC)C1(CC(C)C)CCCC1. The van der Waals surface area contributed by atoms with E-state index in [0.717, 1.165) is 32.1 Å². The summed E-state index contributed by atoms with van der Waals surface area (Å²) < 4.78 is 5.85. The van der Waals surface area contributed by atoms with Crippen molar-refractivity contribution in [1.82, 2.24) is 5.32 Å². The molecule has 0 heterocycles. The maximum absolute atomic E-state index is 5.85. The molecule has 0 amide bonds. The number of rotatable bonds is 9. The van der Waals surface area contributed by atoms with Gasteiger partial charge in [-0.05, 0) is 43.6 Å². The van der Waals surface area contributed by atoms with Crippen LogP contribution in [0.4, 0.5) is 0 Å². The highest BCUT2D eigenvalue weighted by Crippen LogP contribution is 2.46. The molecular weight excluding hydrogens is 222 g/mol. The number of likely N-dealkylation sites (N-methyl/N-ethyl adjacent to an activating group) is 1. The lowest BCUT2D eigenvalue weighted by Crippen LogP contribution is -2.47. The zero-order valence-corrected chi connectivity index (χ0v) is 12.9. The summed E-state index contributed by atoms with van der Waals surface area (Å²) in [4.78, 5) is 0. The van der Waals surface area contributed by atoms with Crippen molar-refractivity contribution in [3.63, 3.8) is 0 Å². The van der Waals surface area contributed by atoms with Gasteiger partial charge in [-0.25, -0.2) is 0 Å². The Hall–Kier alpha value is -0.0800. The summed E-state index contributed by atoms with van der Waals surface area (Å²) in [6, 6.07) is 0.555. The molecule has 2 nitrogen and oxygen atoms in total. The highest BCUT2D eigenvalue weighted by molar-refractivity contribution is 4.95. The Balaban J connectivity index is 2.64. The fourth-order valence-electron chi connectivity index (χ4n) is 3.63. The van der Waals surface area contributed by atoms with Crippen molar-refractivity contribution in [2.24, 2.45) is 11.3 Å². The van der Waals surface area contributed by atoms with Gasteiger partial charge in [0.05, 0.1) is 6.61 Å². The molecule has 0 spiro atoms. The normalized spacial score (nSPS) is 20.5. The van der Waals surface area contributed by atoms with E-state index in [1.807, 2.05) is 0 Å². The quantitative estimate of drug-likeness (QED) is 0.629. The summed E-state index contributed by atoms with van der Waals surface area (Å²) >= 11 is 0.